The highest BCUT2D eigenvalue weighted by Gasteiger charge is 2.19. The van der Waals surface area contributed by atoms with E-state index in [1.807, 2.05) is 0 Å². The summed E-state index contributed by atoms with van der Waals surface area (Å²) in [5.74, 6) is -0.975. The molecule has 0 saturated heterocycles. The highest BCUT2D eigenvalue weighted by molar-refractivity contribution is 5.71. The quantitative estimate of drug-likeness (QED) is 0.0261. The van der Waals surface area contributed by atoms with Gasteiger partial charge in [-0.25, -0.2) is 0 Å². The van der Waals surface area contributed by atoms with E-state index in [-0.39, 0.29) is 31.1 Å². The van der Waals surface area contributed by atoms with E-state index in [1.165, 1.54) is 19.3 Å². The Labute approximate surface area is 497 Å². The van der Waals surface area contributed by atoms with Crippen LogP contribution < -0.4 is 0 Å². The fraction of sp³-hybridized carbons (Fsp3) is 0.560. The number of unbranched alkanes of at least 4 members (excludes halogenated alkanes) is 15. The number of hydrogen-bond donors (Lipinski definition) is 0. The molecule has 0 rings (SSSR count). The van der Waals surface area contributed by atoms with E-state index in [0.717, 1.165) is 193 Å². The molecule has 0 radical (unpaired) electrons. The minimum Gasteiger partial charge on any atom is -0.462 e. The third kappa shape index (κ3) is 65.2. The van der Waals surface area contributed by atoms with Crippen LogP contribution in [0.2, 0.25) is 0 Å². The first-order valence-corrected chi connectivity index (χ1v) is 32.3. The number of ether oxygens (including phenoxy) is 3. The Bertz CT molecular complexity index is 1900. The fourth-order valence-corrected chi connectivity index (χ4v) is 8.17. The lowest BCUT2D eigenvalue weighted by Crippen LogP contribution is -2.30. The zero-order chi connectivity index (χ0) is 58.5. The maximum absolute atomic E-state index is 12.9. The van der Waals surface area contributed by atoms with Crippen molar-refractivity contribution in [2.24, 2.45) is 0 Å². The van der Waals surface area contributed by atoms with Gasteiger partial charge in [0.15, 0.2) is 6.10 Å². The van der Waals surface area contributed by atoms with Crippen LogP contribution in [0.25, 0.3) is 0 Å². The molecule has 0 bridgehead atoms. The Balaban J connectivity index is 4.38. The maximum Gasteiger partial charge on any atom is 0.306 e. The van der Waals surface area contributed by atoms with E-state index < -0.39 is 6.10 Å². The molecule has 0 spiro atoms. The maximum atomic E-state index is 12.9. The topological polar surface area (TPSA) is 78.9 Å². The van der Waals surface area contributed by atoms with E-state index in [2.05, 4.69) is 203 Å². The van der Waals surface area contributed by atoms with Gasteiger partial charge in [0.1, 0.15) is 13.2 Å². The van der Waals surface area contributed by atoms with Gasteiger partial charge in [-0.3, -0.25) is 14.4 Å². The number of allylic oxidation sites excluding steroid dienone is 30. The van der Waals surface area contributed by atoms with Crippen LogP contribution in [0.1, 0.15) is 252 Å². The summed E-state index contributed by atoms with van der Waals surface area (Å²) in [7, 11) is 0. The Morgan fingerprint density at radius 3 is 0.704 bits per heavy atom. The summed E-state index contributed by atoms with van der Waals surface area (Å²) in [6, 6.07) is 0. The standard InChI is InChI=1S/C75H116O6/c1-4-7-10-13-16-19-22-25-27-29-30-31-32-33-34-35-36-37-38-39-40-41-42-43-44-46-47-50-53-56-59-62-65-68-74(77)80-71-72(70-79-73(76)67-64-61-58-55-52-49-24-21-18-15-12-9-6-3)81-75(78)69-66-63-60-57-54-51-48-45-28-26-23-20-17-14-11-8-5-2/h7-12,16-21,25-28,30-31,33-34,36-37,39-40,42-43,46-47,49,52,72H,4-6,13-15,22-24,29,32,35,38,41,44-45,48,50-51,53-71H2,1-3H3/b10-7-,11-8-,12-9-,19-16-,20-17-,21-18-,27-25-,28-26-,31-30-,34-33-,37-36-,40-39-,43-42-,47-46-,52-49-. The molecule has 81 heavy (non-hydrogen) atoms. The predicted molar refractivity (Wildman–Crippen MR) is 352 cm³/mol. The highest BCUT2D eigenvalue weighted by Crippen LogP contribution is 2.14. The molecule has 0 aliphatic carbocycles. The second-order valence-electron chi connectivity index (χ2n) is 20.5. The van der Waals surface area contributed by atoms with Crippen molar-refractivity contribution in [2.75, 3.05) is 13.2 Å². The van der Waals surface area contributed by atoms with Crippen LogP contribution in [0.3, 0.4) is 0 Å². The predicted octanol–water partition coefficient (Wildman–Crippen LogP) is 22.4. The number of esters is 3. The van der Waals surface area contributed by atoms with E-state index in [0.29, 0.717) is 19.3 Å². The average Bonchev–Trinajstić information content (AvgIpc) is 3.46. The van der Waals surface area contributed by atoms with Crippen molar-refractivity contribution >= 4 is 17.9 Å². The molecule has 0 amide bonds. The van der Waals surface area contributed by atoms with Crippen LogP contribution in [0, 0.1) is 0 Å². The number of carbonyl (C=O) groups excluding carboxylic acids is 3. The van der Waals surface area contributed by atoms with Gasteiger partial charge < -0.3 is 14.2 Å². The largest absolute Gasteiger partial charge is 0.462 e. The SMILES string of the molecule is CC/C=C\C/C=C\C/C=C\C/C=C\C/C=C\C/C=C\C/C=C\C/C=C\C/C=C\CCCCCCCC(=O)OCC(COC(=O)CCCCC/C=C\C/C=C\C/C=C\CC)OC(=O)CCCCCCCCC/C=C\C/C=C\C/C=C\CC. The van der Waals surface area contributed by atoms with Crippen LogP contribution >= 0.6 is 0 Å². The number of rotatable bonds is 56. The summed E-state index contributed by atoms with van der Waals surface area (Å²) in [4.78, 5) is 38.3. The van der Waals surface area contributed by atoms with Crippen LogP contribution in [0.15, 0.2) is 182 Å². The van der Waals surface area contributed by atoms with Gasteiger partial charge in [-0.05, 0) is 154 Å². The van der Waals surface area contributed by atoms with Gasteiger partial charge in [0.25, 0.3) is 0 Å². The molecule has 6 heteroatoms. The highest BCUT2D eigenvalue weighted by atomic mass is 16.6. The van der Waals surface area contributed by atoms with Crippen LogP contribution in [-0.4, -0.2) is 37.2 Å². The van der Waals surface area contributed by atoms with Crippen LogP contribution in [0.5, 0.6) is 0 Å². The smallest absolute Gasteiger partial charge is 0.306 e. The van der Waals surface area contributed by atoms with Gasteiger partial charge >= 0.3 is 17.9 Å². The molecule has 0 fully saturated rings. The second kappa shape index (κ2) is 67.0. The van der Waals surface area contributed by atoms with Gasteiger partial charge in [-0.1, -0.05) is 261 Å². The minimum absolute atomic E-state index is 0.110. The molecular weight excluding hydrogens is 997 g/mol. The summed E-state index contributed by atoms with van der Waals surface area (Å²) < 4.78 is 16.9. The average molecular weight is 1110 g/mol. The summed E-state index contributed by atoms with van der Waals surface area (Å²) >= 11 is 0. The third-order valence-electron chi connectivity index (χ3n) is 12.9. The molecule has 0 saturated carbocycles. The van der Waals surface area contributed by atoms with Gasteiger partial charge in [0.2, 0.25) is 0 Å². The first-order chi connectivity index (χ1) is 40.0. The molecule has 0 heterocycles. The van der Waals surface area contributed by atoms with Crippen LogP contribution in [0.4, 0.5) is 0 Å². The Morgan fingerprint density at radius 1 is 0.247 bits per heavy atom. The monoisotopic (exact) mass is 1110 g/mol. The number of carbonyl (C=O) groups is 3. The molecule has 452 valence electrons. The van der Waals surface area contributed by atoms with Gasteiger partial charge in [-0.2, -0.15) is 0 Å². The Morgan fingerprint density at radius 2 is 0.444 bits per heavy atom. The lowest BCUT2D eigenvalue weighted by Gasteiger charge is -2.18. The normalized spacial score (nSPS) is 13.4. The Kier molecular flexibility index (Phi) is 62.5. The van der Waals surface area contributed by atoms with Gasteiger partial charge in [0, 0.05) is 19.3 Å². The molecule has 0 aromatic rings. The molecule has 1 unspecified atom stereocenters. The van der Waals surface area contributed by atoms with E-state index in [9.17, 15) is 14.4 Å². The van der Waals surface area contributed by atoms with Gasteiger partial charge in [0.05, 0.1) is 0 Å². The van der Waals surface area contributed by atoms with Crippen LogP contribution in [-0.2, 0) is 28.6 Å². The Hall–Kier alpha value is -5.49. The molecule has 1 atom stereocenters. The molecular formula is C75H116O6. The van der Waals surface area contributed by atoms with E-state index in [1.54, 1.807) is 0 Å². The molecule has 0 aliphatic heterocycles. The van der Waals surface area contributed by atoms with Crippen molar-refractivity contribution in [1.82, 2.24) is 0 Å². The lowest BCUT2D eigenvalue weighted by molar-refractivity contribution is -0.167. The van der Waals surface area contributed by atoms with Crippen molar-refractivity contribution < 1.29 is 28.6 Å². The van der Waals surface area contributed by atoms with Crippen molar-refractivity contribution in [2.45, 2.75) is 258 Å². The first-order valence-electron chi connectivity index (χ1n) is 32.3. The fourth-order valence-electron chi connectivity index (χ4n) is 8.17. The number of hydrogen-bond acceptors (Lipinski definition) is 6. The van der Waals surface area contributed by atoms with Crippen molar-refractivity contribution in [3.8, 4) is 0 Å². The first kappa shape index (κ1) is 75.5. The summed E-state index contributed by atoms with van der Waals surface area (Å²) in [5, 5.41) is 0. The van der Waals surface area contributed by atoms with E-state index >= 15 is 0 Å². The van der Waals surface area contributed by atoms with Crippen molar-refractivity contribution in [1.29, 1.82) is 0 Å². The summed E-state index contributed by atoms with van der Waals surface area (Å²) in [6.45, 7) is 6.24. The molecule has 0 aromatic carbocycles. The molecule has 0 N–H and O–H groups in total. The van der Waals surface area contributed by atoms with Gasteiger partial charge in [-0.15, -0.1) is 0 Å². The van der Waals surface area contributed by atoms with Crippen molar-refractivity contribution in [3.63, 3.8) is 0 Å². The van der Waals surface area contributed by atoms with E-state index in [4.69, 9.17) is 14.2 Å². The zero-order valence-corrected chi connectivity index (χ0v) is 51.7. The van der Waals surface area contributed by atoms with Crippen molar-refractivity contribution in [3.05, 3.63) is 182 Å². The summed E-state index contributed by atoms with van der Waals surface area (Å²) in [5.41, 5.74) is 0. The minimum atomic E-state index is -0.815. The lowest BCUT2D eigenvalue weighted by atomic mass is 10.1. The summed E-state index contributed by atoms with van der Waals surface area (Å²) in [6.07, 6.45) is 100. The molecule has 6 nitrogen and oxygen atoms in total. The molecule has 0 aliphatic rings. The third-order valence-corrected chi connectivity index (χ3v) is 12.9. The molecule has 0 aromatic heterocycles. The second-order valence-corrected chi connectivity index (χ2v) is 20.5. The zero-order valence-electron chi connectivity index (χ0n) is 51.7.